The first-order chi connectivity index (χ1) is 14.6. The number of Topliss-reactive ketones (excluding diaryl/α,β-unsaturated/α-hetero) is 1. The van der Waals surface area contributed by atoms with E-state index in [0.29, 0.717) is 18.4 Å². The van der Waals surface area contributed by atoms with Crippen LogP contribution < -0.4 is 0 Å². The summed E-state index contributed by atoms with van der Waals surface area (Å²) in [5.41, 5.74) is 0.669. The highest BCUT2D eigenvalue weighted by Crippen LogP contribution is 2.34. The summed E-state index contributed by atoms with van der Waals surface area (Å²) in [7, 11) is 0. The van der Waals surface area contributed by atoms with Gasteiger partial charge in [0.1, 0.15) is 11.0 Å². The standard InChI is InChI=1S/C28H30O3/c1-6-20-14-16-21(17-15-20)18-19-28(5,26(30)31-27(2,3)4)25(29)24-13-9-11-22-10-7-8-12-23(22)24/h6-17H,1,18-19H2,2-5H3. The number of fused-ring (bicyclic) bond motifs is 1. The molecule has 0 saturated carbocycles. The van der Waals surface area contributed by atoms with E-state index in [4.69, 9.17) is 4.74 Å². The number of carbonyl (C=O) groups is 2. The van der Waals surface area contributed by atoms with Crippen LogP contribution in [-0.2, 0) is 16.0 Å². The van der Waals surface area contributed by atoms with Gasteiger partial charge in [0.15, 0.2) is 5.78 Å². The zero-order chi connectivity index (χ0) is 22.6. The van der Waals surface area contributed by atoms with Gasteiger partial charge in [-0.25, -0.2) is 0 Å². The summed E-state index contributed by atoms with van der Waals surface area (Å²) >= 11 is 0. The van der Waals surface area contributed by atoms with Crippen molar-refractivity contribution in [3.05, 3.63) is 90.0 Å². The molecular weight excluding hydrogens is 384 g/mol. The Bertz CT molecular complexity index is 1100. The monoisotopic (exact) mass is 414 g/mol. The fourth-order valence-electron chi connectivity index (χ4n) is 3.63. The molecule has 0 N–H and O–H groups in total. The first kappa shape index (κ1) is 22.5. The summed E-state index contributed by atoms with van der Waals surface area (Å²) in [5.74, 6) is -0.693. The molecular formula is C28H30O3. The Kier molecular flexibility index (Phi) is 6.45. The molecule has 3 heteroatoms. The smallest absolute Gasteiger partial charge is 0.320 e. The van der Waals surface area contributed by atoms with Gasteiger partial charge in [-0.3, -0.25) is 9.59 Å². The molecule has 3 aromatic carbocycles. The second-order valence-corrected chi connectivity index (χ2v) is 9.14. The third-order valence-corrected chi connectivity index (χ3v) is 5.51. The highest BCUT2D eigenvalue weighted by atomic mass is 16.6. The second-order valence-electron chi connectivity index (χ2n) is 9.14. The van der Waals surface area contributed by atoms with Crippen LogP contribution >= 0.6 is 0 Å². The first-order valence-electron chi connectivity index (χ1n) is 10.6. The molecule has 0 saturated heterocycles. The Balaban J connectivity index is 1.98. The molecule has 3 rings (SSSR count). The molecule has 160 valence electrons. The molecule has 0 aliphatic rings. The van der Waals surface area contributed by atoms with Crippen molar-refractivity contribution in [3.63, 3.8) is 0 Å². The van der Waals surface area contributed by atoms with Gasteiger partial charge in [0, 0.05) is 5.56 Å². The van der Waals surface area contributed by atoms with Crippen molar-refractivity contribution in [1.82, 2.24) is 0 Å². The zero-order valence-corrected chi connectivity index (χ0v) is 18.8. The average Bonchev–Trinajstić information content (AvgIpc) is 2.75. The maximum absolute atomic E-state index is 13.8. The third kappa shape index (κ3) is 5.11. The second kappa shape index (κ2) is 8.89. The fourth-order valence-corrected chi connectivity index (χ4v) is 3.63. The lowest BCUT2D eigenvalue weighted by Crippen LogP contribution is -2.42. The van der Waals surface area contributed by atoms with Gasteiger partial charge in [-0.2, -0.15) is 0 Å². The number of aryl methyl sites for hydroxylation is 1. The SMILES string of the molecule is C=Cc1ccc(CCC(C)(C(=O)OC(C)(C)C)C(=O)c2cccc3ccccc23)cc1. The van der Waals surface area contributed by atoms with E-state index in [1.807, 2.05) is 81.4 Å². The van der Waals surface area contributed by atoms with E-state index in [2.05, 4.69) is 6.58 Å². The van der Waals surface area contributed by atoms with Crippen LogP contribution in [0.5, 0.6) is 0 Å². The fraction of sp³-hybridized carbons (Fsp3) is 0.286. The molecule has 0 aromatic heterocycles. The molecule has 1 atom stereocenters. The molecule has 0 spiro atoms. The van der Waals surface area contributed by atoms with Crippen LogP contribution in [0.15, 0.2) is 73.3 Å². The Labute approximate surface area is 184 Å². The molecule has 0 amide bonds. The van der Waals surface area contributed by atoms with Gasteiger partial charge in [0.05, 0.1) is 0 Å². The summed E-state index contributed by atoms with van der Waals surface area (Å²) in [6, 6.07) is 21.4. The van der Waals surface area contributed by atoms with E-state index < -0.39 is 17.0 Å². The molecule has 3 aromatic rings. The Morgan fingerprint density at radius 1 is 0.903 bits per heavy atom. The number of ether oxygens (including phenoxy) is 1. The number of benzene rings is 3. The lowest BCUT2D eigenvalue weighted by Gasteiger charge is -2.31. The summed E-state index contributed by atoms with van der Waals surface area (Å²) < 4.78 is 5.71. The topological polar surface area (TPSA) is 43.4 Å². The minimum absolute atomic E-state index is 0.207. The first-order valence-corrected chi connectivity index (χ1v) is 10.6. The van der Waals surface area contributed by atoms with E-state index in [9.17, 15) is 9.59 Å². The zero-order valence-electron chi connectivity index (χ0n) is 18.8. The Morgan fingerprint density at radius 3 is 2.19 bits per heavy atom. The Morgan fingerprint density at radius 2 is 1.55 bits per heavy atom. The van der Waals surface area contributed by atoms with E-state index in [1.165, 1.54) is 0 Å². The van der Waals surface area contributed by atoms with Gasteiger partial charge >= 0.3 is 5.97 Å². The van der Waals surface area contributed by atoms with Crippen molar-refractivity contribution in [2.75, 3.05) is 0 Å². The Hall–Kier alpha value is -3.20. The molecule has 0 heterocycles. The average molecular weight is 415 g/mol. The summed E-state index contributed by atoms with van der Waals surface area (Å²) in [6.07, 6.45) is 2.74. The quantitative estimate of drug-likeness (QED) is 0.247. The van der Waals surface area contributed by atoms with Crippen LogP contribution in [0.3, 0.4) is 0 Å². The van der Waals surface area contributed by atoms with E-state index in [-0.39, 0.29) is 5.78 Å². The third-order valence-electron chi connectivity index (χ3n) is 5.51. The van der Waals surface area contributed by atoms with Crippen LogP contribution in [0.2, 0.25) is 0 Å². The van der Waals surface area contributed by atoms with Crippen LogP contribution in [-0.4, -0.2) is 17.4 Å². The van der Waals surface area contributed by atoms with Gasteiger partial charge in [-0.05, 0) is 62.4 Å². The molecule has 0 bridgehead atoms. The highest BCUT2D eigenvalue weighted by molar-refractivity contribution is 6.17. The van der Waals surface area contributed by atoms with Crippen molar-refractivity contribution >= 4 is 28.6 Å². The molecule has 3 nitrogen and oxygen atoms in total. The van der Waals surface area contributed by atoms with Crippen molar-refractivity contribution in [2.24, 2.45) is 5.41 Å². The van der Waals surface area contributed by atoms with Gasteiger partial charge < -0.3 is 4.74 Å². The van der Waals surface area contributed by atoms with E-state index in [0.717, 1.165) is 21.9 Å². The van der Waals surface area contributed by atoms with Crippen LogP contribution in [0.25, 0.3) is 16.8 Å². The predicted octanol–water partition coefficient (Wildman–Crippen LogP) is 6.65. The summed E-state index contributed by atoms with van der Waals surface area (Å²) in [4.78, 5) is 27.1. The van der Waals surface area contributed by atoms with Gasteiger partial charge in [0.25, 0.3) is 0 Å². The predicted molar refractivity (Wildman–Crippen MR) is 127 cm³/mol. The lowest BCUT2D eigenvalue weighted by atomic mass is 9.76. The van der Waals surface area contributed by atoms with Crippen LogP contribution in [0.1, 0.15) is 55.6 Å². The largest absolute Gasteiger partial charge is 0.459 e. The van der Waals surface area contributed by atoms with Crippen molar-refractivity contribution in [2.45, 2.75) is 46.1 Å². The van der Waals surface area contributed by atoms with Gasteiger partial charge in [-0.15, -0.1) is 0 Å². The van der Waals surface area contributed by atoms with E-state index in [1.54, 1.807) is 19.1 Å². The van der Waals surface area contributed by atoms with Crippen molar-refractivity contribution < 1.29 is 14.3 Å². The molecule has 0 radical (unpaired) electrons. The normalized spacial score (nSPS) is 13.4. The number of ketones is 1. The molecule has 0 aliphatic carbocycles. The maximum Gasteiger partial charge on any atom is 0.320 e. The van der Waals surface area contributed by atoms with E-state index >= 15 is 0 Å². The van der Waals surface area contributed by atoms with Crippen LogP contribution in [0, 0.1) is 5.41 Å². The highest BCUT2D eigenvalue weighted by Gasteiger charge is 2.44. The molecule has 1 unspecified atom stereocenters. The minimum Gasteiger partial charge on any atom is -0.459 e. The summed E-state index contributed by atoms with van der Waals surface area (Å²) in [6.45, 7) is 11.0. The summed E-state index contributed by atoms with van der Waals surface area (Å²) in [5, 5.41) is 1.82. The lowest BCUT2D eigenvalue weighted by molar-refractivity contribution is -0.163. The van der Waals surface area contributed by atoms with Gasteiger partial charge in [-0.1, -0.05) is 79.4 Å². The number of rotatable bonds is 7. The van der Waals surface area contributed by atoms with Crippen molar-refractivity contribution in [1.29, 1.82) is 0 Å². The molecule has 31 heavy (non-hydrogen) atoms. The van der Waals surface area contributed by atoms with Crippen LogP contribution in [0.4, 0.5) is 0 Å². The molecule has 0 fully saturated rings. The van der Waals surface area contributed by atoms with Crippen molar-refractivity contribution in [3.8, 4) is 0 Å². The molecule has 0 aliphatic heterocycles. The number of hydrogen-bond donors (Lipinski definition) is 0. The number of carbonyl (C=O) groups excluding carboxylic acids is 2. The minimum atomic E-state index is -1.30. The van der Waals surface area contributed by atoms with Gasteiger partial charge in [0.2, 0.25) is 0 Å². The number of hydrogen-bond acceptors (Lipinski definition) is 3. The number of esters is 1. The maximum atomic E-state index is 13.8.